The van der Waals surface area contributed by atoms with Gasteiger partial charge in [0.25, 0.3) is 0 Å². The first-order chi connectivity index (χ1) is 8.80. The third kappa shape index (κ3) is 2.44. The lowest BCUT2D eigenvalue weighted by Crippen LogP contribution is -1.90. The lowest BCUT2D eigenvalue weighted by molar-refractivity contribution is 1.11. The number of thioether (sulfide) groups is 2. The van der Waals surface area contributed by atoms with Crippen molar-refractivity contribution in [2.75, 3.05) is 12.5 Å². The van der Waals surface area contributed by atoms with Crippen LogP contribution in [-0.4, -0.2) is 12.5 Å². The van der Waals surface area contributed by atoms with Crippen LogP contribution in [0.5, 0.6) is 0 Å². The van der Waals surface area contributed by atoms with Gasteiger partial charge in [-0.3, -0.25) is 0 Å². The summed E-state index contributed by atoms with van der Waals surface area (Å²) in [5.41, 5.74) is 0. The van der Waals surface area contributed by atoms with Crippen LogP contribution in [0.2, 0.25) is 0 Å². The summed E-state index contributed by atoms with van der Waals surface area (Å²) < 4.78 is 0. The van der Waals surface area contributed by atoms with Crippen molar-refractivity contribution < 1.29 is 0 Å². The first-order valence-electron chi connectivity index (χ1n) is 5.52. The second-order valence-corrected chi connectivity index (χ2v) is 7.76. The second kappa shape index (κ2) is 5.45. The summed E-state index contributed by atoms with van der Waals surface area (Å²) in [7, 11) is 0. The molecule has 0 aromatic heterocycles. The van der Waals surface area contributed by atoms with Crippen LogP contribution in [0, 0.1) is 0 Å². The summed E-state index contributed by atoms with van der Waals surface area (Å²) in [6, 6.07) is 13.5. The lowest BCUT2D eigenvalue weighted by Gasteiger charge is -2.19. The van der Waals surface area contributed by atoms with Crippen LogP contribution in [0.1, 0.15) is 0 Å². The smallest absolute Gasteiger partial charge is 0.0273 e. The minimum absolute atomic E-state index is 1.34. The van der Waals surface area contributed by atoms with E-state index in [1.807, 2.05) is 23.5 Å². The molecule has 3 rings (SSSR count). The SMILES string of the molecule is CSc1ccc2c(c1)Sc1ccc(SC)cc1S2. The number of hydrogen-bond acceptors (Lipinski definition) is 4. The van der Waals surface area contributed by atoms with Crippen LogP contribution < -0.4 is 0 Å². The maximum atomic E-state index is 2.29. The fraction of sp³-hybridized carbons (Fsp3) is 0.143. The molecule has 2 aromatic carbocycles. The van der Waals surface area contributed by atoms with Crippen LogP contribution in [-0.2, 0) is 0 Å². The molecule has 0 fully saturated rings. The molecule has 0 radical (unpaired) electrons. The Morgan fingerprint density at radius 3 is 1.50 bits per heavy atom. The highest BCUT2D eigenvalue weighted by Gasteiger charge is 2.17. The molecule has 0 saturated heterocycles. The summed E-state index contributed by atoms with van der Waals surface area (Å²) in [5, 5.41) is 0. The number of fused-ring (bicyclic) bond motifs is 2. The molecule has 1 aliphatic rings. The van der Waals surface area contributed by atoms with E-state index in [9.17, 15) is 0 Å². The highest BCUT2D eigenvalue weighted by atomic mass is 32.2. The second-order valence-electron chi connectivity index (χ2n) is 3.83. The molecule has 2 aromatic rings. The molecule has 4 heteroatoms. The van der Waals surface area contributed by atoms with Crippen LogP contribution in [0.15, 0.2) is 65.8 Å². The Kier molecular flexibility index (Phi) is 3.89. The van der Waals surface area contributed by atoms with Gasteiger partial charge in [0.1, 0.15) is 0 Å². The Hall–Kier alpha value is -0.160. The first-order valence-corrected chi connectivity index (χ1v) is 9.60. The summed E-state index contributed by atoms with van der Waals surface area (Å²) in [6.45, 7) is 0. The van der Waals surface area contributed by atoms with Gasteiger partial charge >= 0.3 is 0 Å². The summed E-state index contributed by atoms with van der Waals surface area (Å²) in [6.07, 6.45) is 4.25. The van der Waals surface area contributed by atoms with Crippen molar-refractivity contribution in [1.82, 2.24) is 0 Å². The topological polar surface area (TPSA) is 0 Å². The maximum absolute atomic E-state index is 2.29. The Bertz CT molecular complexity index is 539. The van der Waals surface area contributed by atoms with E-state index in [2.05, 4.69) is 48.9 Å². The van der Waals surface area contributed by atoms with Gasteiger partial charge in [0.2, 0.25) is 0 Å². The molecule has 0 N–H and O–H groups in total. The molecule has 1 heterocycles. The Balaban J connectivity index is 2.00. The van der Waals surface area contributed by atoms with Crippen molar-refractivity contribution >= 4 is 47.0 Å². The molecule has 0 spiro atoms. The van der Waals surface area contributed by atoms with E-state index in [0.717, 1.165) is 0 Å². The van der Waals surface area contributed by atoms with Crippen molar-refractivity contribution in [2.24, 2.45) is 0 Å². The van der Waals surface area contributed by atoms with E-state index in [4.69, 9.17) is 0 Å². The van der Waals surface area contributed by atoms with Gasteiger partial charge in [0.05, 0.1) is 0 Å². The highest BCUT2D eigenvalue weighted by molar-refractivity contribution is 8.05. The van der Waals surface area contributed by atoms with Gasteiger partial charge in [0, 0.05) is 29.4 Å². The molecule has 0 saturated carbocycles. The predicted octanol–water partition coefficient (Wildman–Crippen LogP) is 5.75. The minimum atomic E-state index is 1.34. The average molecular weight is 309 g/mol. The van der Waals surface area contributed by atoms with Crippen LogP contribution >= 0.6 is 47.0 Å². The fourth-order valence-corrected chi connectivity index (χ4v) is 5.10. The third-order valence-corrected chi connectivity index (χ3v) is 6.72. The molecule has 0 amide bonds. The van der Waals surface area contributed by atoms with Crippen molar-refractivity contribution in [2.45, 2.75) is 29.4 Å². The fourth-order valence-electron chi connectivity index (χ4n) is 1.80. The Morgan fingerprint density at radius 2 is 1.11 bits per heavy atom. The van der Waals surface area contributed by atoms with Gasteiger partial charge in [-0.25, -0.2) is 0 Å². The van der Waals surface area contributed by atoms with E-state index in [1.54, 1.807) is 23.5 Å². The predicted molar refractivity (Wildman–Crippen MR) is 84.7 cm³/mol. The van der Waals surface area contributed by atoms with Crippen molar-refractivity contribution in [3.8, 4) is 0 Å². The largest absolute Gasteiger partial charge is 0.130 e. The van der Waals surface area contributed by atoms with E-state index in [0.29, 0.717) is 0 Å². The van der Waals surface area contributed by atoms with Crippen molar-refractivity contribution in [1.29, 1.82) is 0 Å². The van der Waals surface area contributed by atoms with Gasteiger partial charge in [-0.1, -0.05) is 23.5 Å². The van der Waals surface area contributed by atoms with E-state index < -0.39 is 0 Å². The summed E-state index contributed by atoms with van der Waals surface area (Å²) >= 11 is 7.38. The van der Waals surface area contributed by atoms with E-state index >= 15 is 0 Å². The monoisotopic (exact) mass is 308 g/mol. The molecule has 18 heavy (non-hydrogen) atoms. The normalized spacial score (nSPS) is 13.0. The molecule has 0 nitrogen and oxygen atoms in total. The third-order valence-electron chi connectivity index (χ3n) is 2.74. The molecule has 0 atom stereocenters. The van der Waals surface area contributed by atoms with Crippen LogP contribution in [0.3, 0.4) is 0 Å². The zero-order valence-electron chi connectivity index (χ0n) is 10.1. The summed E-state index contributed by atoms with van der Waals surface area (Å²) in [4.78, 5) is 8.21. The standard InChI is InChI=1S/C14H12S4/c1-15-9-3-5-11-13(7-9)17-12-6-4-10(16-2)8-14(12)18-11/h3-8H,1-2H3. The van der Waals surface area contributed by atoms with Gasteiger partial charge in [-0.2, -0.15) is 0 Å². The van der Waals surface area contributed by atoms with Gasteiger partial charge in [0.15, 0.2) is 0 Å². The zero-order valence-corrected chi connectivity index (χ0v) is 13.4. The zero-order chi connectivity index (χ0) is 12.5. The number of hydrogen-bond donors (Lipinski definition) is 0. The maximum Gasteiger partial charge on any atom is 0.0273 e. The van der Waals surface area contributed by atoms with Crippen LogP contribution in [0.25, 0.3) is 0 Å². The molecule has 92 valence electrons. The van der Waals surface area contributed by atoms with Crippen molar-refractivity contribution in [3.63, 3.8) is 0 Å². The van der Waals surface area contributed by atoms with E-state index in [-0.39, 0.29) is 0 Å². The Labute approximate surface area is 125 Å². The van der Waals surface area contributed by atoms with Gasteiger partial charge in [-0.15, -0.1) is 23.5 Å². The number of rotatable bonds is 2. The molecule has 0 aliphatic carbocycles. The number of benzene rings is 2. The molecular weight excluding hydrogens is 296 g/mol. The Morgan fingerprint density at radius 1 is 0.667 bits per heavy atom. The van der Waals surface area contributed by atoms with Gasteiger partial charge < -0.3 is 0 Å². The minimum Gasteiger partial charge on any atom is -0.130 e. The van der Waals surface area contributed by atoms with Crippen LogP contribution in [0.4, 0.5) is 0 Å². The molecule has 1 aliphatic heterocycles. The van der Waals surface area contributed by atoms with E-state index in [1.165, 1.54) is 29.4 Å². The summed E-state index contributed by atoms with van der Waals surface area (Å²) in [5.74, 6) is 0. The lowest BCUT2D eigenvalue weighted by atomic mass is 10.3. The first kappa shape index (κ1) is 12.9. The van der Waals surface area contributed by atoms with Crippen molar-refractivity contribution in [3.05, 3.63) is 36.4 Å². The highest BCUT2D eigenvalue weighted by Crippen LogP contribution is 2.49. The molecular formula is C14H12S4. The van der Waals surface area contributed by atoms with Gasteiger partial charge in [-0.05, 0) is 48.9 Å². The molecule has 0 bridgehead atoms. The quantitative estimate of drug-likeness (QED) is 0.553. The average Bonchev–Trinajstić information content (AvgIpc) is 2.43. The molecule has 0 unspecified atom stereocenters.